The molecule has 0 fully saturated rings. The number of nitrogens with two attached hydrogens (primary N) is 1. The lowest BCUT2D eigenvalue weighted by molar-refractivity contribution is -0.149. The predicted molar refractivity (Wildman–Crippen MR) is 154 cm³/mol. The number of carbonyl (C=O) groups excluding carboxylic acids is 2. The Labute approximate surface area is 255 Å². The van der Waals surface area contributed by atoms with Crippen LogP contribution >= 0.6 is 27.5 Å². The van der Waals surface area contributed by atoms with Crippen LogP contribution in [0.2, 0.25) is 5.02 Å². The SMILES string of the molecule is COc1cc(C(=O)NC[C@H](c2cc3c(c(-c4cccc(F)c4Cl)n2)OC[C@]3(C)C(N)=O)C(F)(F)F)cc2cc(Br)cnc12. The highest BCUT2D eigenvalue weighted by molar-refractivity contribution is 9.10. The third kappa shape index (κ3) is 5.58. The molecule has 2 atom stereocenters. The fourth-order valence-electron chi connectivity index (χ4n) is 4.82. The van der Waals surface area contributed by atoms with E-state index in [1.165, 1.54) is 38.3 Å². The maximum atomic E-state index is 14.6. The van der Waals surface area contributed by atoms with Crippen LogP contribution in [-0.2, 0) is 10.2 Å². The van der Waals surface area contributed by atoms with Gasteiger partial charge in [0.05, 0.1) is 17.8 Å². The van der Waals surface area contributed by atoms with Crippen molar-refractivity contribution in [1.29, 1.82) is 0 Å². The van der Waals surface area contributed by atoms with Crippen molar-refractivity contribution < 1.29 is 36.6 Å². The standard InChI is InChI=1S/C29H22BrClF4N4O4/c1-28(27(36)41)12-43-25-17(28)9-20(39-24(25)16-4-3-5-19(32)22(16)31)18(29(33,34)35)11-38-26(40)14-6-13-7-15(30)10-37-23(13)21(8-14)42-2/h3-10,18H,11-12H2,1-2H3,(H2,36,41)(H,38,40)/t18-,28+/m1/s1. The Balaban J connectivity index is 1.57. The minimum atomic E-state index is -4.91. The molecule has 0 unspecified atom stereocenters. The monoisotopic (exact) mass is 680 g/mol. The van der Waals surface area contributed by atoms with Gasteiger partial charge in [0.1, 0.15) is 46.5 Å². The van der Waals surface area contributed by atoms with Gasteiger partial charge in [0, 0.05) is 39.3 Å². The van der Waals surface area contributed by atoms with Crippen molar-refractivity contribution in [3.63, 3.8) is 0 Å². The molecule has 224 valence electrons. The van der Waals surface area contributed by atoms with E-state index in [1.54, 1.807) is 12.3 Å². The minimum absolute atomic E-state index is 0.0361. The van der Waals surface area contributed by atoms with Gasteiger partial charge >= 0.3 is 6.18 Å². The highest BCUT2D eigenvalue weighted by Crippen LogP contribution is 2.48. The summed E-state index contributed by atoms with van der Waals surface area (Å²) in [6.07, 6.45) is -3.36. The Kier molecular flexibility index (Phi) is 7.99. The van der Waals surface area contributed by atoms with Crippen LogP contribution < -0.4 is 20.5 Å². The number of hydrogen-bond acceptors (Lipinski definition) is 6. The Morgan fingerprint density at radius 2 is 2.00 bits per heavy atom. The van der Waals surface area contributed by atoms with Crippen LogP contribution in [0.3, 0.4) is 0 Å². The van der Waals surface area contributed by atoms with E-state index in [-0.39, 0.29) is 40.5 Å². The summed E-state index contributed by atoms with van der Waals surface area (Å²) in [5.41, 5.74) is 3.85. The lowest BCUT2D eigenvalue weighted by Crippen LogP contribution is -2.40. The summed E-state index contributed by atoms with van der Waals surface area (Å²) in [6, 6.07) is 9.37. The molecule has 43 heavy (non-hydrogen) atoms. The number of nitrogens with one attached hydrogen (secondary N) is 1. The van der Waals surface area contributed by atoms with Crippen molar-refractivity contribution in [3.05, 3.63) is 80.8 Å². The maximum absolute atomic E-state index is 14.6. The Morgan fingerprint density at radius 1 is 1.26 bits per heavy atom. The van der Waals surface area contributed by atoms with E-state index >= 15 is 0 Å². The lowest BCUT2D eigenvalue weighted by Gasteiger charge is -2.24. The average molecular weight is 682 g/mol. The number of pyridine rings is 2. The molecular formula is C29H22BrClF4N4O4. The second-order valence-corrected chi connectivity index (χ2v) is 11.4. The summed E-state index contributed by atoms with van der Waals surface area (Å²) in [4.78, 5) is 34.0. The average Bonchev–Trinajstić information content (AvgIpc) is 3.30. The van der Waals surface area contributed by atoms with Crippen molar-refractivity contribution in [3.8, 4) is 22.8 Å². The predicted octanol–water partition coefficient (Wildman–Crippen LogP) is 6.07. The van der Waals surface area contributed by atoms with Gasteiger partial charge in [0.25, 0.3) is 5.91 Å². The van der Waals surface area contributed by atoms with Crippen LogP contribution in [0.4, 0.5) is 17.6 Å². The Hall–Kier alpha value is -3.97. The number of methoxy groups -OCH3 is 1. The number of alkyl halides is 3. The molecule has 0 saturated carbocycles. The van der Waals surface area contributed by atoms with Gasteiger partial charge in [-0.05, 0) is 53.2 Å². The summed E-state index contributed by atoms with van der Waals surface area (Å²) in [6.45, 7) is 0.229. The first kappa shape index (κ1) is 30.5. The molecule has 0 radical (unpaired) electrons. The van der Waals surface area contributed by atoms with Crippen LogP contribution in [0.1, 0.15) is 34.5 Å². The maximum Gasteiger partial charge on any atom is 0.398 e. The van der Waals surface area contributed by atoms with Crippen LogP contribution in [0.25, 0.3) is 22.2 Å². The molecule has 2 aromatic carbocycles. The number of rotatable bonds is 7. The van der Waals surface area contributed by atoms with E-state index in [2.05, 4.69) is 31.2 Å². The first-order valence-corrected chi connectivity index (χ1v) is 13.8. The van der Waals surface area contributed by atoms with E-state index in [9.17, 15) is 27.2 Å². The van der Waals surface area contributed by atoms with Crippen LogP contribution in [0.15, 0.2) is 53.1 Å². The van der Waals surface area contributed by atoms with Crippen molar-refractivity contribution >= 4 is 50.2 Å². The molecule has 2 aromatic heterocycles. The van der Waals surface area contributed by atoms with Crippen LogP contribution in [0, 0.1) is 5.82 Å². The van der Waals surface area contributed by atoms with E-state index in [0.29, 0.717) is 15.4 Å². The number of halogens is 6. The van der Waals surface area contributed by atoms with E-state index < -0.39 is 52.4 Å². The van der Waals surface area contributed by atoms with Crippen molar-refractivity contribution in [1.82, 2.24) is 15.3 Å². The van der Waals surface area contributed by atoms with Gasteiger partial charge in [-0.25, -0.2) is 9.37 Å². The number of aromatic nitrogens is 2. The van der Waals surface area contributed by atoms with Crippen LogP contribution in [0.5, 0.6) is 11.5 Å². The third-order valence-electron chi connectivity index (χ3n) is 7.26. The number of carbonyl (C=O) groups is 2. The first-order chi connectivity index (χ1) is 20.2. The number of benzene rings is 2. The summed E-state index contributed by atoms with van der Waals surface area (Å²) >= 11 is 9.48. The quantitative estimate of drug-likeness (QED) is 0.229. The van der Waals surface area contributed by atoms with Gasteiger partial charge in [-0.1, -0.05) is 23.7 Å². The van der Waals surface area contributed by atoms with Crippen molar-refractivity contribution in [2.45, 2.75) is 24.4 Å². The molecular weight excluding hydrogens is 660 g/mol. The molecule has 0 spiro atoms. The summed E-state index contributed by atoms with van der Waals surface area (Å²) < 4.78 is 69.7. The molecule has 2 amide bonds. The zero-order valence-electron chi connectivity index (χ0n) is 22.5. The number of hydrogen-bond donors (Lipinski definition) is 2. The molecule has 14 heteroatoms. The van der Waals surface area contributed by atoms with Gasteiger partial charge in [-0.3, -0.25) is 14.6 Å². The summed E-state index contributed by atoms with van der Waals surface area (Å²) in [7, 11) is 1.38. The fourth-order valence-corrected chi connectivity index (χ4v) is 5.38. The van der Waals surface area contributed by atoms with E-state index in [0.717, 1.165) is 12.1 Å². The molecule has 3 N–H and O–H groups in total. The molecule has 0 saturated heterocycles. The van der Waals surface area contributed by atoms with Crippen LogP contribution in [-0.4, -0.2) is 48.2 Å². The summed E-state index contributed by atoms with van der Waals surface area (Å²) in [5.74, 6) is -4.61. The fraction of sp³-hybridized carbons (Fsp3) is 0.241. The Bertz CT molecular complexity index is 1790. The smallest absolute Gasteiger partial charge is 0.398 e. The van der Waals surface area contributed by atoms with Gasteiger partial charge < -0.3 is 20.5 Å². The third-order valence-corrected chi connectivity index (χ3v) is 8.08. The molecule has 1 aliphatic heterocycles. The molecule has 1 aliphatic rings. The Morgan fingerprint density at radius 3 is 2.67 bits per heavy atom. The number of primary amides is 1. The highest BCUT2D eigenvalue weighted by atomic mass is 79.9. The minimum Gasteiger partial charge on any atom is -0.494 e. The lowest BCUT2D eigenvalue weighted by atomic mass is 9.82. The normalized spacial score (nSPS) is 16.8. The van der Waals surface area contributed by atoms with Gasteiger partial charge in [-0.15, -0.1) is 0 Å². The van der Waals surface area contributed by atoms with Crippen molar-refractivity contribution in [2.24, 2.45) is 5.73 Å². The largest absolute Gasteiger partial charge is 0.494 e. The van der Waals surface area contributed by atoms with Crippen molar-refractivity contribution in [2.75, 3.05) is 20.3 Å². The molecule has 0 bridgehead atoms. The number of nitrogens with zero attached hydrogens (tertiary/aromatic N) is 2. The number of ether oxygens (including phenoxy) is 2. The molecule has 5 rings (SSSR count). The molecule has 3 heterocycles. The first-order valence-electron chi connectivity index (χ1n) is 12.6. The topological polar surface area (TPSA) is 116 Å². The second kappa shape index (κ2) is 11.3. The zero-order valence-corrected chi connectivity index (χ0v) is 24.8. The second-order valence-electron chi connectivity index (χ2n) is 10.1. The zero-order chi connectivity index (χ0) is 31.3. The highest BCUT2D eigenvalue weighted by Gasteiger charge is 2.47. The van der Waals surface area contributed by atoms with Gasteiger partial charge in [0.15, 0.2) is 0 Å². The molecule has 0 aliphatic carbocycles. The van der Waals surface area contributed by atoms with Gasteiger partial charge in [0.2, 0.25) is 5.91 Å². The molecule has 8 nitrogen and oxygen atoms in total. The number of amides is 2. The van der Waals surface area contributed by atoms with Gasteiger partial charge in [-0.2, -0.15) is 13.2 Å². The number of fused-ring (bicyclic) bond motifs is 2. The van der Waals surface area contributed by atoms with E-state index in [1.807, 2.05) is 0 Å². The summed E-state index contributed by atoms with van der Waals surface area (Å²) in [5, 5.41) is 2.46. The van der Waals surface area contributed by atoms with E-state index in [4.69, 9.17) is 26.8 Å². The molecule has 4 aromatic rings.